The lowest BCUT2D eigenvalue weighted by Crippen LogP contribution is -2.30. The lowest BCUT2D eigenvalue weighted by atomic mass is 10.1. The van der Waals surface area contributed by atoms with E-state index < -0.39 is 0 Å². The summed E-state index contributed by atoms with van der Waals surface area (Å²) in [4.78, 5) is 24.4. The summed E-state index contributed by atoms with van der Waals surface area (Å²) in [6.45, 7) is 6.09. The first kappa shape index (κ1) is 23.0. The topological polar surface area (TPSA) is 97.9 Å². The van der Waals surface area contributed by atoms with E-state index in [0.29, 0.717) is 46.0 Å². The zero-order valence-electron chi connectivity index (χ0n) is 16.7. The normalized spacial score (nSPS) is 22.2. The summed E-state index contributed by atoms with van der Waals surface area (Å²) in [5.74, 6) is 0.951. The molecule has 0 radical (unpaired) electrons. The molecule has 0 spiro atoms. The van der Waals surface area contributed by atoms with Crippen LogP contribution in [0.2, 0.25) is 0 Å². The Morgan fingerprint density at radius 2 is 1.86 bits per heavy atom. The Kier molecular flexibility index (Phi) is 11.3. The molecule has 2 aliphatic heterocycles. The Labute approximate surface area is 171 Å². The molecule has 0 aromatic carbocycles. The third kappa shape index (κ3) is 8.81. The summed E-state index contributed by atoms with van der Waals surface area (Å²) in [6.07, 6.45) is 5.29. The molecule has 28 heavy (non-hydrogen) atoms. The molecule has 2 atom stereocenters. The minimum atomic E-state index is -0.0876. The van der Waals surface area contributed by atoms with Gasteiger partial charge in [0.1, 0.15) is 0 Å². The van der Waals surface area contributed by atoms with Crippen LogP contribution in [-0.2, 0) is 19.0 Å². The van der Waals surface area contributed by atoms with Gasteiger partial charge in [-0.1, -0.05) is 13.0 Å². The van der Waals surface area contributed by atoms with Gasteiger partial charge in [-0.25, -0.2) is 4.79 Å². The van der Waals surface area contributed by atoms with E-state index in [1.807, 2.05) is 0 Å². The highest BCUT2D eigenvalue weighted by Gasteiger charge is 2.39. The molecule has 0 aromatic rings. The number of rotatable bonds is 15. The zero-order chi connectivity index (χ0) is 20.0. The van der Waals surface area contributed by atoms with E-state index in [0.717, 1.165) is 31.6 Å². The third-order valence-corrected chi connectivity index (χ3v) is 5.64. The van der Waals surface area contributed by atoms with Gasteiger partial charge in [-0.2, -0.15) is 0 Å². The maximum Gasteiger partial charge on any atom is 0.315 e. The average molecular weight is 416 g/mol. The van der Waals surface area contributed by atoms with Crippen LogP contribution in [0.3, 0.4) is 0 Å². The molecular formula is C19H33N3O5S. The van der Waals surface area contributed by atoms with Gasteiger partial charge >= 0.3 is 6.03 Å². The van der Waals surface area contributed by atoms with Gasteiger partial charge in [-0.15, -0.1) is 11.8 Å². The standard InChI is InChI=1S/C19H33N3O5S/c1-2-8-25-10-12-27-13-11-26-9-7-20-17(23)6-4-3-5-16-18-15(14-28-16)21-19(24)22-18/h5,15,18H,2-4,6-14H2,1H3,(H,20,23)(H2,21,22,24)/b16-5-/t15?,18-/m0/s1. The number of amides is 3. The van der Waals surface area contributed by atoms with Crippen molar-refractivity contribution < 1.29 is 23.8 Å². The first-order valence-corrected chi connectivity index (χ1v) is 11.1. The Hall–Kier alpha value is -1.29. The molecular weight excluding hydrogens is 382 g/mol. The number of allylic oxidation sites excluding steroid dienone is 1. The zero-order valence-corrected chi connectivity index (χ0v) is 17.5. The number of hydrogen-bond donors (Lipinski definition) is 3. The Morgan fingerprint density at radius 3 is 2.61 bits per heavy atom. The summed E-state index contributed by atoms with van der Waals surface area (Å²) in [6, 6.07) is 0.221. The molecule has 2 rings (SSSR count). The number of urea groups is 1. The van der Waals surface area contributed by atoms with Gasteiger partial charge in [0.15, 0.2) is 0 Å². The van der Waals surface area contributed by atoms with E-state index in [1.54, 1.807) is 11.8 Å². The third-order valence-electron chi connectivity index (χ3n) is 4.36. The minimum Gasteiger partial charge on any atom is -0.379 e. The second-order valence-electron chi connectivity index (χ2n) is 6.70. The van der Waals surface area contributed by atoms with Crippen LogP contribution < -0.4 is 16.0 Å². The predicted octanol–water partition coefficient (Wildman–Crippen LogP) is 1.41. The molecule has 3 amide bonds. The highest BCUT2D eigenvalue weighted by molar-refractivity contribution is 8.03. The summed E-state index contributed by atoms with van der Waals surface area (Å²) >= 11 is 1.77. The molecule has 0 aliphatic carbocycles. The van der Waals surface area contributed by atoms with E-state index in [9.17, 15) is 9.59 Å². The molecule has 3 N–H and O–H groups in total. The van der Waals surface area contributed by atoms with Crippen molar-refractivity contribution in [2.45, 2.75) is 44.7 Å². The van der Waals surface area contributed by atoms with E-state index in [-0.39, 0.29) is 24.0 Å². The molecule has 0 bridgehead atoms. The van der Waals surface area contributed by atoms with Crippen molar-refractivity contribution in [2.24, 2.45) is 0 Å². The quantitative estimate of drug-likeness (QED) is 0.276. The van der Waals surface area contributed by atoms with Crippen LogP contribution in [-0.4, -0.2) is 76.0 Å². The molecule has 2 aliphatic rings. The maximum atomic E-state index is 11.8. The smallest absolute Gasteiger partial charge is 0.315 e. The van der Waals surface area contributed by atoms with Gasteiger partial charge in [-0.05, 0) is 19.3 Å². The molecule has 160 valence electrons. The SMILES string of the molecule is CCCOCCOCCOCCNC(=O)CCC/C=C1\SCC2NC(=O)N[C@H]12. The van der Waals surface area contributed by atoms with Crippen LogP contribution in [0.5, 0.6) is 0 Å². The summed E-state index contributed by atoms with van der Waals surface area (Å²) < 4.78 is 16.1. The van der Waals surface area contributed by atoms with Crippen molar-refractivity contribution in [1.82, 2.24) is 16.0 Å². The molecule has 2 saturated heterocycles. The van der Waals surface area contributed by atoms with Crippen molar-refractivity contribution in [2.75, 3.05) is 51.9 Å². The highest BCUT2D eigenvalue weighted by atomic mass is 32.2. The number of carbonyl (C=O) groups excluding carboxylic acids is 2. The van der Waals surface area contributed by atoms with Crippen LogP contribution in [0.4, 0.5) is 4.79 Å². The van der Waals surface area contributed by atoms with Gasteiger partial charge in [0.2, 0.25) is 5.91 Å². The number of fused-ring (bicyclic) bond motifs is 1. The minimum absolute atomic E-state index is 0.0408. The number of hydrogen-bond acceptors (Lipinski definition) is 6. The molecule has 8 nitrogen and oxygen atoms in total. The van der Waals surface area contributed by atoms with Gasteiger partial charge in [-0.3, -0.25) is 4.79 Å². The lowest BCUT2D eigenvalue weighted by molar-refractivity contribution is -0.121. The fraction of sp³-hybridized carbons (Fsp3) is 0.789. The van der Waals surface area contributed by atoms with Crippen molar-refractivity contribution in [1.29, 1.82) is 0 Å². The van der Waals surface area contributed by atoms with Crippen LogP contribution in [0.15, 0.2) is 11.0 Å². The summed E-state index contributed by atoms with van der Waals surface area (Å²) in [5, 5.41) is 8.70. The largest absolute Gasteiger partial charge is 0.379 e. The van der Waals surface area contributed by atoms with Gasteiger partial charge in [0.05, 0.1) is 45.1 Å². The van der Waals surface area contributed by atoms with Crippen molar-refractivity contribution >= 4 is 23.7 Å². The average Bonchev–Trinajstić information content (AvgIpc) is 3.22. The second kappa shape index (κ2) is 13.8. The van der Waals surface area contributed by atoms with Crippen molar-refractivity contribution in [3.05, 3.63) is 11.0 Å². The van der Waals surface area contributed by atoms with E-state index in [2.05, 4.69) is 29.0 Å². The monoisotopic (exact) mass is 415 g/mol. The van der Waals surface area contributed by atoms with Gasteiger partial charge in [0, 0.05) is 30.2 Å². The first-order valence-electron chi connectivity index (χ1n) is 10.1. The molecule has 9 heteroatoms. The van der Waals surface area contributed by atoms with Crippen LogP contribution in [0.25, 0.3) is 0 Å². The Morgan fingerprint density at radius 1 is 1.14 bits per heavy atom. The molecule has 0 aromatic heterocycles. The number of carbonyl (C=O) groups is 2. The number of unbranched alkanes of at least 4 members (excludes halogenated alkanes) is 1. The van der Waals surface area contributed by atoms with E-state index in [4.69, 9.17) is 14.2 Å². The summed E-state index contributed by atoms with van der Waals surface area (Å²) in [5.41, 5.74) is 0. The predicted molar refractivity (Wildman–Crippen MR) is 109 cm³/mol. The molecule has 1 unspecified atom stereocenters. The fourth-order valence-corrected chi connectivity index (χ4v) is 4.23. The number of thioether (sulfide) groups is 1. The molecule has 0 saturated carbocycles. The Balaban J connectivity index is 1.38. The van der Waals surface area contributed by atoms with Gasteiger partial charge < -0.3 is 30.2 Å². The summed E-state index contributed by atoms with van der Waals surface area (Å²) in [7, 11) is 0. The second-order valence-corrected chi connectivity index (χ2v) is 7.79. The lowest BCUT2D eigenvalue weighted by Gasteiger charge is -2.08. The number of nitrogens with one attached hydrogen (secondary N) is 3. The van der Waals surface area contributed by atoms with Crippen molar-refractivity contribution in [3.63, 3.8) is 0 Å². The highest BCUT2D eigenvalue weighted by Crippen LogP contribution is 2.33. The van der Waals surface area contributed by atoms with Crippen LogP contribution in [0.1, 0.15) is 32.6 Å². The maximum absolute atomic E-state index is 11.8. The number of ether oxygens (including phenoxy) is 3. The Bertz CT molecular complexity index is 518. The van der Waals surface area contributed by atoms with Crippen LogP contribution >= 0.6 is 11.8 Å². The van der Waals surface area contributed by atoms with E-state index >= 15 is 0 Å². The first-order chi connectivity index (χ1) is 13.7. The fourth-order valence-electron chi connectivity index (χ4n) is 2.95. The van der Waals surface area contributed by atoms with E-state index in [1.165, 1.54) is 4.91 Å². The molecule has 2 fully saturated rings. The van der Waals surface area contributed by atoms with Gasteiger partial charge in [0.25, 0.3) is 0 Å². The van der Waals surface area contributed by atoms with Crippen molar-refractivity contribution in [3.8, 4) is 0 Å². The molecule has 2 heterocycles. The van der Waals surface area contributed by atoms with Crippen LogP contribution in [0, 0.1) is 0 Å².